The summed E-state index contributed by atoms with van der Waals surface area (Å²) in [6.07, 6.45) is 52.6. The van der Waals surface area contributed by atoms with Crippen molar-refractivity contribution < 1.29 is 28.6 Å². The molecule has 0 amide bonds. The Hall–Kier alpha value is -1.59. The van der Waals surface area contributed by atoms with Crippen LogP contribution in [0.15, 0.2) is 0 Å². The Kier molecular flexibility index (Phi) is 48.6. The van der Waals surface area contributed by atoms with Crippen LogP contribution in [0, 0.1) is 11.8 Å². The molecule has 63 heavy (non-hydrogen) atoms. The van der Waals surface area contributed by atoms with Gasteiger partial charge in [-0.25, -0.2) is 0 Å². The number of rotatable bonds is 51. The summed E-state index contributed by atoms with van der Waals surface area (Å²) in [5, 5.41) is 0. The van der Waals surface area contributed by atoms with Gasteiger partial charge in [0.1, 0.15) is 13.2 Å². The highest BCUT2D eigenvalue weighted by atomic mass is 16.6. The molecular weight excluding hydrogens is 781 g/mol. The van der Waals surface area contributed by atoms with Gasteiger partial charge < -0.3 is 14.2 Å². The third kappa shape index (κ3) is 51.3. The molecule has 0 aromatic rings. The highest BCUT2D eigenvalue weighted by Gasteiger charge is 2.19. The van der Waals surface area contributed by atoms with Crippen LogP contribution >= 0.6 is 0 Å². The van der Waals surface area contributed by atoms with Gasteiger partial charge in [0.25, 0.3) is 0 Å². The van der Waals surface area contributed by atoms with Gasteiger partial charge in [-0.1, -0.05) is 279 Å². The predicted octanol–water partition coefficient (Wildman–Crippen LogP) is 18.5. The van der Waals surface area contributed by atoms with E-state index in [0.29, 0.717) is 19.3 Å². The fourth-order valence-corrected chi connectivity index (χ4v) is 8.70. The number of unbranched alkanes of at least 4 members (excludes halogenated alkanes) is 36. The second-order valence-corrected chi connectivity index (χ2v) is 20.5. The SMILES string of the molecule is CCCCCCCCCCCCCCCCCCCCCC(=O)O[C@H](COC(=O)CCCCCCCCCCCCCCCCC(C)C)COC(=O)CCCCCCCCC(C)C. The maximum absolute atomic E-state index is 12.8. The van der Waals surface area contributed by atoms with E-state index >= 15 is 0 Å². The summed E-state index contributed by atoms with van der Waals surface area (Å²) in [7, 11) is 0. The second kappa shape index (κ2) is 49.8. The first-order chi connectivity index (χ1) is 30.7. The molecule has 0 aliphatic rings. The minimum Gasteiger partial charge on any atom is -0.462 e. The normalized spacial score (nSPS) is 12.0. The van der Waals surface area contributed by atoms with Crippen LogP contribution < -0.4 is 0 Å². The lowest BCUT2D eigenvalue weighted by atomic mass is 10.0. The second-order valence-electron chi connectivity index (χ2n) is 20.5. The molecule has 0 radical (unpaired) electrons. The number of hydrogen-bond acceptors (Lipinski definition) is 6. The van der Waals surface area contributed by atoms with E-state index in [1.807, 2.05) is 0 Å². The zero-order valence-electron chi connectivity index (χ0n) is 43.2. The molecule has 0 heterocycles. The molecule has 0 bridgehead atoms. The zero-order valence-corrected chi connectivity index (χ0v) is 43.2. The van der Waals surface area contributed by atoms with Crippen molar-refractivity contribution in [3.63, 3.8) is 0 Å². The van der Waals surface area contributed by atoms with Gasteiger partial charge in [-0.3, -0.25) is 14.4 Å². The minimum atomic E-state index is -0.763. The van der Waals surface area contributed by atoms with E-state index in [2.05, 4.69) is 34.6 Å². The van der Waals surface area contributed by atoms with Crippen molar-refractivity contribution in [2.24, 2.45) is 11.8 Å². The van der Waals surface area contributed by atoms with Crippen LogP contribution in [0.2, 0.25) is 0 Å². The Morgan fingerprint density at radius 3 is 0.778 bits per heavy atom. The summed E-state index contributed by atoms with van der Waals surface area (Å²) in [5.41, 5.74) is 0. The smallest absolute Gasteiger partial charge is 0.306 e. The average molecular weight is 892 g/mol. The predicted molar refractivity (Wildman–Crippen MR) is 270 cm³/mol. The Labute approximate surface area is 393 Å². The van der Waals surface area contributed by atoms with Crippen molar-refractivity contribution in [1.29, 1.82) is 0 Å². The van der Waals surface area contributed by atoms with Crippen LogP contribution in [-0.2, 0) is 28.6 Å². The number of carbonyl (C=O) groups excluding carboxylic acids is 3. The van der Waals surface area contributed by atoms with Crippen molar-refractivity contribution >= 4 is 17.9 Å². The molecule has 0 saturated heterocycles. The van der Waals surface area contributed by atoms with Crippen molar-refractivity contribution in [2.75, 3.05) is 13.2 Å². The highest BCUT2D eigenvalue weighted by molar-refractivity contribution is 5.71. The topological polar surface area (TPSA) is 78.9 Å². The van der Waals surface area contributed by atoms with Gasteiger partial charge >= 0.3 is 17.9 Å². The number of esters is 3. The molecule has 0 rings (SSSR count). The van der Waals surface area contributed by atoms with Gasteiger partial charge in [-0.2, -0.15) is 0 Å². The summed E-state index contributed by atoms with van der Waals surface area (Å²) in [6.45, 7) is 11.3. The molecular formula is C57H110O6. The van der Waals surface area contributed by atoms with Crippen LogP contribution in [0.5, 0.6) is 0 Å². The fraction of sp³-hybridized carbons (Fsp3) is 0.947. The lowest BCUT2D eigenvalue weighted by molar-refractivity contribution is -0.167. The minimum absolute atomic E-state index is 0.0639. The third-order valence-corrected chi connectivity index (χ3v) is 13.0. The molecule has 0 N–H and O–H groups in total. The van der Waals surface area contributed by atoms with E-state index in [0.717, 1.165) is 69.6 Å². The summed E-state index contributed by atoms with van der Waals surface area (Å²) in [6, 6.07) is 0. The summed E-state index contributed by atoms with van der Waals surface area (Å²) in [5.74, 6) is 0.761. The molecule has 0 aromatic carbocycles. The average Bonchev–Trinajstić information content (AvgIpc) is 3.25. The number of carbonyl (C=O) groups is 3. The molecule has 0 saturated carbocycles. The van der Waals surface area contributed by atoms with Crippen LogP contribution in [0.3, 0.4) is 0 Å². The van der Waals surface area contributed by atoms with Gasteiger partial charge in [0.2, 0.25) is 0 Å². The summed E-state index contributed by atoms with van der Waals surface area (Å²) >= 11 is 0. The van der Waals surface area contributed by atoms with E-state index in [1.54, 1.807) is 0 Å². The molecule has 0 spiro atoms. The standard InChI is InChI=1S/C57H110O6/c1-6-7-8-9-10-11-12-13-14-15-16-17-18-23-26-29-32-39-44-49-57(60)63-54(51-62-56(59)48-43-38-34-33-36-41-46-53(4)5)50-61-55(58)47-42-37-31-28-25-22-20-19-21-24-27-30-35-40-45-52(2)3/h52-54H,6-51H2,1-5H3/t54-/m1/s1. The van der Waals surface area contributed by atoms with Crippen LogP contribution in [-0.4, -0.2) is 37.2 Å². The van der Waals surface area contributed by atoms with Gasteiger partial charge in [-0.15, -0.1) is 0 Å². The van der Waals surface area contributed by atoms with Crippen molar-refractivity contribution in [3.8, 4) is 0 Å². The fourth-order valence-electron chi connectivity index (χ4n) is 8.70. The lowest BCUT2D eigenvalue weighted by Crippen LogP contribution is -2.30. The highest BCUT2D eigenvalue weighted by Crippen LogP contribution is 2.18. The van der Waals surface area contributed by atoms with E-state index in [-0.39, 0.29) is 31.1 Å². The lowest BCUT2D eigenvalue weighted by Gasteiger charge is -2.18. The first-order valence-electron chi connectivity index (χ1n) is 28.2. The molecule has 0 aliphatic carbocycles. The van der Waals surface area contributed by atoms with E-state index in [1.165, 1.54) is 205 Å². The van der Waals surface area contributed by atoms with Gasteiger partial charge in [0.05, 0.1) is 0 Å². The molecule has 1 atom stereocenters. The Balaban J connectivity index is 4.22. The van der Waals surface area contributed by atoms with E-state index in [4.69, 9.17) is 14.2 Å². The number of hydrogen-bond donors (Lipinski definition) is 0. The van der Waals surface area contributed by atoms with E-state index < -0.39 is 6.10 Å². The molecule has 6 nitrogen and oxygen atoms in total. The monoisotopic (exact) mass is 891 g/mol. The van der Waals surface area contributed by atoms with Gasteiger partial charge in [0, 0.05) is 19.3 Å². The van der Waals surface area contributed by atoms with Crippen LogP contribution in [0.1, 0.15) is 317 Å². The Morgan fingerprint density at radius 2 is 0.524 bits per heavy atom. The van der Waals surface area contributed by atoms with Crippen LogP contribution in [0.4, 0.5) is 0 Å². The summed E-state index contributed by atoms with van der Waals surface area (Å²) in [4.78, 5) is 38.0. The zero-order chi connectivity index (χ0) is 46.1. The van der Waals surface area contributed by atoms with Gasteiger partial charge in [0.15, 0.2) is 6.10 Å². The Bertz CT molecular complexity index is 962. The first-order valence-corrected chi connectivity index (χ1v) is 28.2. The van der Waals surface area contributed by atoms with Crippen molar-refractivity contribution in [1.82, 2.24) is 0 Å². The Morgan fingerprint density at radius 1 is 0.302 bits per heavy atom. The maximum Gasteiger partial charge on any atom is 0.306 e. The van der Waals surface area contributed by atoms with Gasteiger partial charge in [-0.05, 0) is 31.1 Å². The quantitative estimate of drug-likeness (QED) is 0.0344. The maximum atomic E-state index is 12.8. The molecule has 0 fully saturated rings. The largest absolute Gasteiger partial charge is 0.462 e. The molecule has 6 heteroatoms. The van der Waals surface area contributed by atoms with Crippen molar-refractivity contribution in [3.05, 3.63) is 0 Å². The van der Waals surface area contributed by atoms with Crippen molar-refractivity contribution in [2.45, 2.75) is 323 Å². The molecule has 0 aromatic heterocycles. The number of ether oxygens (including phenoxy) is 3. The molecule has 0 aliphatic heterocycles. The summed E-state index contributed by atoms with van der Waals surface area (Å²) < 4.78 is 16.8. The molecule has 0 unspecified atom stereocenters. The third-order valence-electron chi connectivity index (χ3n) is 13.0. The van der Waals surface area contributed by atoms with E-state index in [9.17, 15) is 14.4 Å². The van der Waals surface area contributed by atoms with Crippen LogP contribution in [0.25, 0.3) is 0 Å². The molecule has 374 valence electrons. The first kappa shape index (κ1) is 61.4.